The van der Waals surface area contributed by atoms with Crippen LogP contribution in [0.15, 0.2) is 18.2 Å². The number of β-amino-alcohol motifs (C(OH)–C–C–N with tert-alkyl or cyclic N) is 1. The number of aromatic nitrogens is 1. The largest absolute Gasteiger partial charge is 0.506 e. The number of phenols is 1. The standard InChI is InChI=1S/C21H30N2O6/c1-20(2,3)19(27)29-11-28-18(26)14-9-13-12(7-8-15(24)17(13)23-14)16(25)10-22-21(4,5)6/h7-9,16,22-25H,10-11H2,1-6H3. The van der Waals surface area contributed by atoms with Crippen LogP contribution in [0.3, 0.4) is 0 Å². The molecule has 0 saturated heterocycles. The summed E-state index contributed by atoms with van der Waals surface area (Å²) in [6.07, 6.45) is -0.843. The highest BCUT2D eigenvalue weighted by Gasteiger charge is 2.24. The molecule has 29 heavy (non-hydrogen) atoms. The van der Waals surface area contributed by atoms with Gasteiger partial charge in [-0.15, -0.1) is 0 Å². The second-order valence-electron chi connectivity index (χ2n) is 9.02. The molecule has 1 aromatic carbocycles. The normalized spacial score (nSPS) is 13.3. The van der Waals surface area contributed by atoms with E-state index in [1.165, 1.54) is 12.1 Å². The van der Waals surface area contributed by atoms with Crippen molar-refractivity contribution in [3.63, 3.8) is 0 Å². The Morgan fingerprint density at radius 1 is 1.14 bits per heavy atom. The molecule has 0 radical (unpaired) electrons. The maximum atomic E-state index is 12.3. The van der Waals surface area contributed by atoms with E-state index >= 15 is 0 Å². The van der Waals surface area contributed by atoms with Gasteiger partial charge < -0.3 is 30.0 Å². The van der Waals surface area contributed by atoms with E-state index in [0.29, 0.717) is 23.0 Å². The Labute approximate surface area is 170 Å². The number of rotatable bonds is 6. The molecular weight excluding hydrogens is 376 g/mol. The van der Waals surface area contributed by atoms with Gasteiger partial charge in [0, 0.05) is 17.5 Å². The molecule has 0 fully saturated rings. The number of fused-ring (bicyclic) bond motifs is 1. The number of hydrogen-bond donors (Lipinski definition) is 4. The number of aromatic amines is 1. The highest BCUT2D eigenvalue weighted by molar-refractivity contribution is 5.98. The third kappa shape index (κ3) is 5.95. The molecule has 0 bridgehead atoms. The number of aliphatic hydroxyl groups is 1. The molecular formula is C21H30N2O6. The first-order valence-corrected chi connectivity index (χ1v) is 9.41. The average Bonchev–Trinajstić information content (AvgIpc) is 3.04. The maximum absolute atomic E-state index is 12.3. The predicted molar refractivity (Wildman–Crippen MR) is 109 cm³/mol. The molecule has 1 aromatic heterocycles. The third-order valence-electron chi connectivity index (χ3n) is 4.20. The first kappa shape index (κ1) is 22.7. The van der Waals surface area contributed by atoms with Crippen LogP contribution in [0.2, 0.25) is 0 Å². The summed E-state index contributed by atoms with van der Waals surface area (Å²) in [5.74, 6) is -1.29. The topological polar surface area (TPSA) is 121 Å². The molecule has 1 atom stereocenters. The summed E-state index contributed by atoms with van der Waals surface area (Å²) in [5, 5.41) is 24.4. The Bertz CT molecular complexity index is 889. The molecule has 0 amide bonds. The molecule has 2 rings (SSSR count). The van der Waals surface area contributed by atoms with Crippen LogP contribution < -0.4 is 5.32 Å². The van der Waals surface area contributed by atoms with Crippen LogP contribution in [-0.2, 0) is 14.3 Å². The van der Waals surface area contributed by atoms with Gasteiger partial charge in [0.25, 0.3) is 0 Å². The Morgan fingerprint density at radius 3 is 2.38 bits per heavy atom. The van der Waals surface area contributed by atoms with Crippen LogP contribution >= 0.6 is 0 Å². The summed E-state index contributed by atoms with van der Waals surface area (Å²) in [5.41, 5.74) is 0.0746. The Balaban J connectivity index is 2.17. The van der Waals surface area contributed by atoms with Crippen LogP contribution in [0.4, 0.5) is 0 Å². The van der Waals surface area contributed by atoms with E-state index in [1.807, 2.05) is 20.8 Å². The summed E-state index contributed by atoms with van der Waals surface area (Å²) in [6, 6.07) is 4.56. The number of hydrogen-bond acceptors (Lipinski definition) is 7. The molecule has 0 aliphatic rings. The summed E-state index contributed by atoms with van der Waals surface area (Å²) < 4.78 is 9.91. The summed E-state index contributed by atoms with van der Waals surface area (Å²) in [4.78, 5) is 26.8. The number of H-pyrrole nitrogens is 1. The van der Waals surface area contributed by atoms with Crippen molar-refractivity contribution in [2.45, 2.75) is 53.2 Å². The lowest BCUT2D eigenvalue weighted by molar-refractivity contribution is -0.161. The van der Waals surface area contributed by atoms with Crippen LogP contribution in [-0.4, -0.2) is 46.0 Å². The van der Waals surface area contributed by atoms with Gasteiger partial charge in [0.05, 0.1) is 17.0 Å². The molecule has 2 aromatic rings. The van der Waals surface area contributed by atoms with E-state index in [1.54, 1.807) is 26.8 Å². The van der Waals surface area contributed by atoms with Gasteiger partial charge in [-0.05, 0) is 59.2 Å². The zero-order valence-electron chi connectivity index (χ0n) is 17.8. The van der Waals surface area contributed by atoms with Gasteiger partial charge >= 0.3 is 11.9 Å². The fraction of sp³-hybridized carbons (Fsp3) is 0.524. The zero-order valence-corrected chi connectivity index (χ0v) is 17.8. The Kier molecular flexibility index (Phi) is 6.60. The Hall–Kier alpha value is -2.58. The number of phenolic OH excluding ortho intramolecular Hbond substituents is 1. The minimum absolute atomic E-state index is 0.0575. The number of carbonyl (C=O) groups is 2. The van der Waals surface area contributed by atoms with Crippen molar-refractivity contribution >= 4 is 22.8 Å². The molecule has 1 heterocycles. The van der Waals surface area contributed by atoms with Crippen molar-refractivity contribution in [2.75, 3.05) is 13.3 Å². The summed E-state index contributed by atoms with van der Waals surface area (Å²) >= 11 is 0. The van der Waals surface area contributed by atoms with Crippen LogP contribution in [0, 0.1) is 5.41 Å². The van der Waals surface area contributed by atoms with Crippen LogP contribution in [0.1, 0.15) is 63.7 Å². The number of carbonyl (C=O) groups excluding carboxylic acids is 2. The molecule has 8 heteroatoms. The first-order chi connectivity index (χ1) is 13.3. The molecule has 160 valence electrons. The summed E-state index contributed by atoms with van der Waals surface area (Å²) in [7, 11) is 0. The van der Waals surface area contributed by atoms with E-state index in [4.69, 9.17) is 9.47 Å². The van der Waals surface area contributed by atoms with Gasteiger partial charge in [0.1, 0.15) is 11.4 Å². The smallest absolute Gasteiger partial charge is 0.357 e. The minimum atomic E-state index is -0.843. The quantitative estimate of drug-likeness (QED) is 0.430. The number of aromatic hydroxyl groups is 1. The highest BCUT2D eigenvalue weighted by atomic mass is 16.7. The monoisotopic (exact) mass is 406 g/mol. The minimum Gasteiger partial charge on any atom is -0.506 e. The predicted octanol–water partition coefficient (Wildman–Crippen LogP) is 3.00. The molecule has 1 unspecified atom stereocenters. The molecule has 0 aliphatic carbocycles. The Morgan fingerprint density at radius 2 is 1.79 bits per heavy atom. The van der Waals surface area contributed by atoms with Crippen molar-refractivity contribution in [1.82, 2.24) is 10.3 Å². The summed E-state index contributed by atoms with van der Waals surface area (Å²) in [6.45, 7) is 10.8. The second-order valence-corrected chi connectivity index (χ2v) is 9.02. The van der Waals surface area contributed by atoms with E-state index in [2.05, 4.69) is 10.3 Å². The van der Waals surface area contributed by atoms with Crippen molar-refractivity contribution in [3.8, 4) is 5.75 Å². The number of ether oxygens (including phenoxy) is 2. The SMILES string of the molecule is CC(C)(C)NCC(O)c1ccc(O)c2[nH]c(C(=O)OCOC(=O)C(C)(C)C)cc12. The molecule has 4 N–H and O–H groups in total. The molecule has 0 spiro atoms. The lowest BCUT2D eigenvalue weighted by Gasteiger charge is -2.23. The van der Waals surface area contributed by atoms with Crippen LogP contribution in [0.5, 0.6) is 5.75 Å². The number of esters is 2. The van der Waals surface area contributed by atoms with Crippen molar-refractivity contribution in [3.05, 3.63) is 29.5 Å². The van der Waals surface area contributed by atoms with Gasteiger partial charge in [-0.25, -0.2) is 4.79 Å². The lowest BCUT2D eigenvalue weighted by atomic mass is 9.98. The van der Waals surface area contributed by atoms with Gasteiger partial charge in [-0.3, -0.25) is 4.79 Å². The fourth-order valence-corrected chi connectivity index (χ4v) is 2.57. The highest BCUT2D eigenvalue weighted by Crippen LogP contribution is 2.31. The number of nitrogens with one attached hydrogen (secondary N) is 2. The lowest BCUT2D eigenvalue weighted by Crippen LogP contribution is -2.38. The van der Waals surface area contributed by atoms with Crippen LogP contribution in [0.25, 0.3) is 10.9 Å². The zero-order chi connectivity index (χ0) is 22.0. The van der Waals surface area contributed by atoms with Crippen molar-refractivity contribution in [2.24, 2.45) is 5.41 Å². The van der Waals surface area contributed by atoms with E-state index in [0.717, 1.165) is 0 Å². The number of aliphatic hydroxyl groups excluding tert-OH is 1. The van der Waals surface area contributed by atoms with Gasteiger partial charge in [0.2, 0.25) is 6.79 Å². The molecule has 8 nitrogen and oxygen atoms in total. The van der Waals surface area contributed by atoms with Crippen molar-refractivity contribution < 1.29 is 29.3 Å². The molecule has 0 saturated carbocycles. The average molecular weight is 406 g/mol. The third-order valence-corrected chi connectivity index (χ3v) is 4.20. The number of benzene rings is 1. The second kappa shape index (κ2) is 8.42. The maximum Gasteiger partial charge on any atom is 0.357 e. The van der Waals surface area contributed by atoms with E-state index < -0.39 is 30.3 Å². The fourth-order valence-electron chi connectivity index (χ4n) is 2.57. The van der Waals surface area contributed by atoms with Gasteiger partial charge in [-0.2, -0.15) is 0 Å². The van der Waals surface area contributed by atoms with Gasteiger partial charge in [-0.1, -0.05) is 6.07 Å². The molecule has 0 aliphatic heterocycles. The van der Waals surface area contributed by atoms with Crippen molar-refractivity contribution in [1.29, 1.82) is 0 Å². The van der Waals surface area contributed by atoms with Gasteiger partial charge in [0.15, 0.2) is 0 Å². The van der Waals surface area contributed by atoms with E-state index in [-0.39, 0.29) is 17.0 Å². The van der Waals surface area contributed by atoms with E-state index in [9.17, 15) is 19.8 Å². The first-order valence-electron chi connectivity index (χ1n) is 9.41.